The Balaban J connectivity index is 1.68. The summed E-state index contributed by atoms with van der Waals surface area (Å²) in [6.45, 7) is 2.60. The van der Waals surface area contributed by atoms with Crippen LogP contribution in [0.15, 0.2) is 48.5 Å². The summed E-state index contributed by atoms with van der Waals surface area (Å²) in [5.41, 5.74) is 3.36. The number of fused-ring (bicyclic) bond motifs is 1. The van der Waals surface area contributed by atoms with Gasteiger partial charge in [-0.3, -0.25) is 0 Å². The van der Waals surface area contributed by atoms with Crippen molar-refractivity contribution in [2.24, 2.45) is 0 Å². The topological polar surface area (TPSA) is 26.8 Å². The Kier molecular flexibility index (Phi) is 4.87. The lowest BCUT2D eigenvalue weighted by molar-refractivity contribution is 0.132. The lowest BCUT2D eigenvalue weighted by Crippen LogP contribution is -2.50. The van der Waals surface area contributed by atoms with E-state index < -0.39 is 0 Å². The number of likely N-dealkylation sites (N-methyl/N-ethyl adjacent to an activating group) is 2. The fourth-order valence-electron chi connectivity index (χ4n) is 4.36. The molecule has 0 bridgehead atoms. The predicted octanol–water partition coefficient (Wildman–Crippen LogP) is 3.53. The lowest BCUT2D eigenvalue weighted by Gasteiger charge is -2.41. The monoisotopic (exact) mass is 367 g/mol. The fraction of sp³-hybridized carbons (Fsp3) is 0.409. The molecule has 142 valence electrons. The first kappa shape index (κ1) is 18.0. The molecular formula is C22H26FN3O. The van der Waals surface area contributed by atoms with Crippen molar-refractivity contribution in [3.63, 3.8) is 0 Å². The van der Waals surface area contributed by atoms with Crippen molar-refractivity contribution in [1.29, 1.82) is 0 Å². The SMILES string of the molecule is CN1CCC(N(C)C(=O)N2CCc3ccccc3C2c2ccc(F)cc2)C1. The number of halogens is 1. The van der Waals surface area contributed by atoms with Gasteiger partial charge < -0.3 is 14.7 Å². The molecule has 0 N–H and O–H groups in total. The first-order chi connectivity index (χ1) is 13.0. The van der Waals surface area contributed by atoms with Gasteiger partial charge in [0.1, 0.15) is 5.82 Å². The Hall–Kier alpha value is -2.40. The number of hydrogen-bond acceptors (Lipinski definition) is 2. The van der Waals surface area contributed by atoms with Gasteiger partial charge in [-0.2, -0.15) is 0 Å². The zero-order valence-corrected chi connectivity index (χ0v) is 15.9. The van der Waals surface area contributed by atoms with Crippen LogP contribution in [0, 0.1) is 5.82 Å². The molecule has 2 aromatic carbocycles. The van der Waals surface area contributed by atoms with Gasteiger partial charge >= 0.3 is 6.03 Å². The molecule has 4 nitrogen and oxygen atoms in total. The highest BCUT2D eigenvalue weighted by molar-refractivity contribution is 5.76. The minimum absolute atomic E-state index is 0.0547. The number of carbonyl (C=O) groups is 1. The van der Waals surface area contributed by atoms with Crippen molar-refractivity contribution in [3.05, 3.63) is 71.0 Å². The minimum atomic E-state index is -0.258. The molecule has 2 atom stereocenters. The second-order valence-corrected chi connectivity index (χ2v) is 7.69. The molecular weight excluding hydrogens is 341 g/mol. The summed E-state index contributed by atoms with van der Waals surface area (Å²) in [4.78, 5) is 19.5. The van der Waals surface area contributed by atoms with E-state index in [-0.39, 0.29) is 23.9 Å². The zero-order chi connectivity index (χ0) is 19.0. The van der Waals surface area contributed by atoms with Crippen LogP contribution in [0.25, 0.3) is 0 Å². The Labute approximate surface area is 160 Å². The van der Waals surface area contributed by atoms with Crippen LogP contribution in [0.2, 0.25) is 0 Å². The lowest BCUT2D eigenvalue weighted by atomic mass is 9.88. The van der Waals surface area contributed by atoms with Gasteiger partial charge in [-0.05, 0) is 55.3 Å². The maximum absolute atomic E-state index is 13.5. The van der Waals surface area contributed by atoms with E-state index in [9.17, 15) is 9.18 Å². The number of hydrogen-bond donors (Lipinski definition) is 0. The summed E-state index contributed by atoms with van der Waals surface area (Å²) in [6, 6.07) is 14.9. The summed E-state index contributed by atoms with van der Waals surface area (Å²) in [6.07, 6.45) is 1.85. The third-order valence-corrected chi connectivity index (χ3v) is 5.93. The molecule has 5 heteroatoms. The molecule has 2 aromatic rings. The van der Waals surface area contributed by atoms with Crippen LogP contribution in [0.5, 0.6) is 0 Å². The van der Waals surface area contributed by atoms with E-state index in [4.69, 9.17) is 0 Å². The van der Waals surface area contributed by atoms with Gasteiger partial charge in [0.15, 0.2) is 0 Å². The van der Waals surface area contributed by atoms with Gasteiger partial charge in [-0.25, -0.2) is 9.18 Å². The van der Waals surface area contributed by atoms with E-state index in [1.807, 2.05) is 29.0 Å². The molecule has 27 heavy (non-hydrogen) atoms. The number of urea groups is 1. The number of amides is 2. The molecule has 0 radical (unpaired) electrons. The van der Waals surface area contributed by atoms with Crippen LogP contribution in [-0.4, -0.2) is 60.5 Å². The van der Waals surface area contributed by atoms with Gasteiger partial charge in [0.05, 0.1) is 6.04 Å². The van der Waals surface area contributed by atoms with Crippen LogP contribution >= 0.6 is 0 Å². The van der Waals surface area contributed by atoms with E-state index in [2.05, 4.69) is 24.1 Å². The normalized spacial score (nSPS) is 22.6. The molecule has 2 aliphatic rings. The van der Waals surface area contributed by atoms with Crippen LogP contribution in [0.3, 0.4) is 0 Å². The molecule has 1 fully saturated rings. The average molecular weight is 367 g/mol. The quantitative estimate of drug-likeness (QED) is 0.812. The summed E-state index contributed by atoms with van der Waals surface area (Å²) < 4.78 is 13.5. The highest BCUT2D eigenvalue weighted by Crippen LogP contribution is 2.36. The Morgan fingerprint density at radius 2 is 1.85 bits per heavy atom. The fourth-order valence-corrected chi connectivity index (χ4v) is 4.36. The van der Waals surface area contributed by atoms with Gasteiger partial charge in [-0.15, -0.1) is 0 Å². The van der Waals surface area contributed by atoms with E-state index >= 15 is 0 Å². The molecule has 0 spiro atoms. The van der Waals surface area contributed by atoms with Crippen molar-refractivity contribution in [1.82, 2.24) is 14.7 Å². The zero-order valence-electron chi connectivity index (χ0n) is 15.9. The number of carbonyl (C=O) groups excluding carboxylic acids is 1. The second kappa shape index (κ2) is 7.31. The minimum Gasteiger partial charge on any atom is -0.323 e. The highest BCUT2D eigenvalue weighted by Gasteiger charge is 2.36. The van der Waals surface area contributed by atoms with Crippen LogP contribution < -0.4 is 0 Å². The predicted molar refractivity (Wildman–Crippen MR) is 104 cm³/mol. The third kappa shape index (κ3) is 3.44. The van der Waals surface area contributed by atoms with E-state index in [1.165, 1.54) is 17.7 Å². The summed E-state index contributed by atoms with van der Waals surface area (Å²) in [5.74, 6) is -0.258. The van der Waals surface area contributed by atoms with E-state index in [0.717, 1.165) is 37.1 Å². The second-order valence-electron chi connectivity index (χ2n) is 7.69. The first-order valence-electron chi connectivity index (χ1n) is 9.60. The van der Waals surface area contributed by atoms with Gasteiger partial charge in [0.2, 0.25) is 0 Å². The molecule has 2 unspecified atom stereocenters. The Bertz CT molecular complexity index is 823. The van der Waals surface area contributed by atoms with Crippen LogP contribution in [0.1, 0.15) is 29.2 Å². The Morgan fingerprint density at radius 3 is 2.56 bits per heavy atom. The molecule has 2 aliphatic heterocycles. The largest absolute Gasteiger partial charge is 0.323 e. The average Bonchev–Trinajstić information content (AvgIpc) is 3.13. The molecule has 0 saturated carbocycles. The smallest absolute Gasteiger partial charge is 0.320 e. The number of benzene rings is 2. The first-order valence-corrected chi connectivity index (χ1v) is 9.60. The summed E-state index contributed by atoms with van der Waals surface area (Å²) in [5, 5.41) is 0. The standard InChI is InChI=1S/C22H26FN3O/c1-24-13-12-19(15-24)25(2)22(27)26-14-11-16-5-3-4-6-20(16)21(26)17-7-9-18(23)10-8-17/h3-10,19,21H,11-15H2,1-2H3. The molecule has 2 amide bonds. The van der Waals surface area contributed by atoms with Crippen molar-refractivity contribution in [2.75, 3.05) is 33.7 Å². The number of rotatable bonds is 2. The summed E-state index contributed by atoms with van der Waals surface area (Å²) >= 11 is 0. The third-order valence-electron chi connectivity index (χ3n) is 5.93. The van der Waals surface area contributed by atoms with E-state index in [0.29, 0.717) is 6.54 Å². The van der Waals surface area contributed by atoms with Crippen molar-refractivity contribution >= 4 is 6.03 Å². The molecule has 4 rings (SSSR count). The summed E-state index contributed by atoms with van der Waals surface area (Å²) in [7, 11) is 4.01. The molecule has 1 saturated heterocycles. The molecule has 0 aromatic heterocycles. The van der Waals surface area contributed by atoms with Crippen LogP contribution in [0.4, 0.5) is 9.18 Å². The Morgan fingerprint density at radius 1 is 1.11 bits per heavy atom. The number of likely N-dealkylation sites (tertiary alicyclic amines) is 1. The highest BCUT2D eigenvalue weighted by atomic mass is 19.1. The van der Waals surface area contributed by atoms with Crippen molar-refractivity contribution < 1.29 is 9.18 Å². The van der Waals surface area contributed by atoms with Crippen molar-refractivity contribution in [2.45, 2.75) is 24.9 Å². The van der Waals surface area contributed by atoms with Crippen LogP contribution in [-0.2, 0) is 6.42 Å². The maximum Gasteiger partial charge on any atom is 0.320 e. The maximum atomic E-state index is 13.5. The number of nitrogens with zero attached hydrogens (tertiary/aromatic N) is 3. The van der Waals surface area contributed by atoms with Crippen molar-refractivity contribution in [3.8, 4) is 0 Å². The van der Waals surface area contributed by atoms with E-state index in [1.54, 1.807) is 12.1 Å². The van der Waals surface area contributed by atoms with Gasteiger partial charge in [-0.1, -0.05) is 36.4 Å². The molecule has 0 aliphatic carbocycles. The van der Waals surface area contributed by atoms with Gasteiger partial charge in [0.25, 0.3) is 0 Å². The van der Waals surface area contributed by atoms with Gasteiger partial charge in [0, 0.05) is 26.2 Å². The molecule has 2 heterocycles.